The molecule has 3 atom stereocenters. The minimum absolute atomic E-state index is 0.119. The number of hydrogen-bond donors (Lipinski definition) is 1. The van der Waals surface area contributed by atoms with Crippen LogP contribution in [0.4, 0.5) is 5.69 Å². The highest BCUT2D eigenvalue weighted by molar-refractivity contribution is 5.98. The third-order valence-electron chi connectivity index (χ3n) is 5.55. The molecule has 1 N–H and O–H groups in total. The molecule has 136 valence electrons. The Bertz CT molecular complexity index is 628. The van der Waals surface area contributed by atoms with Gasteiger partial charge < -0.3 is 15.1 Å². The summed E-state index contributed by atoms with van der Waals surface area (Å²) in [6.45, 7) is 8.19. The van der Waals surface area contributed by atoms with Crippen LogP contribution in [0.2, 0.25) is 0 Å². The van der Waals surface area contributed by atoms with Gasteiger partial charge in [-0.1, -0.05) is 24.6 Å². The van der Waals surface area contributed by atoms with E-state index in [-0.39, 0.29) is 17.9 Å². The van der Waals surface area contributed by atoms with Crippen LogP contribution in [-0.4, -0.2) is 48.4 Å². The smallest absolute Gasteiger partial charge is 0.244 e. The highest BCUT2D eigenvalue weighted by atomic mass is 16.2. The Kier molecular flexibility index (Phi) is 5.42. The van der Waals surface area contributed by atoms with Crippen molar-refractivity contribution in [1.29, 1.82) is 0 Å². The lowest BCUT2D eigenvalue weighted by molar-refractivity contribution is -0.131. The Hall–Kier alpha value is -1.88. The summed E-state index contributed by atoms with van der Waals surface area (Å²) < 4.78 is 0. The van der Waals surface area contributed by atoms with Crippen molar-refractivity contribution < 1.29 is 9.59 Å². The molecule has 0 saturated carbocycles. The van der Waals surface area contributed by atoms with Gasteiger partial charge in [-0.05, 0) is 44.2 Å². The molecular formula is C20H29N3O2. The Morgan fingerprint density at radius 3 is 2.52 bits per heavy atom. The van der Waals surface area contributed by atoms with Crippen LogP contribution >= 0.6 is 0 Å². The summed E-state index contributed by atoms with van der Waals surface area (Å²) in [6, 6.07) is 8.35. The summed E-state index contributed by atoms with van der Waals surface area (Å²) in [7, 11) is 0. The molecule has 1 aromatic carbocycles. The number of aryl methyl sites for hydroxylation is 1. The van der Waals surface area contributed by atoms with Gasteiger partial charge in [-0.3, -0.25) is 9.59 Å². The fourth-order valence-electron chi connectivity index (χ4n) is 3.95. The second-order valence-corrected chi connectivity index (χ2v) is 7.52. The van der Waals surface area contributed by atoms with Crippen molar-refractivity contribution in [2.75, 3.05) is 24.5 Å². The van der Waals surface area contributed by atoms with Crippen molar-refractivity contribution in [2.45, 2.75) is 52.1 Å². The first-order chi connectivity index (χ1) is 12.0. The van der Waals surface area contributed by atoms with Gasteiger partial charge in [0, 0.05) is 38.3 Å². The maximum Gasteiger partial charge on any atom is 0.244 e. The normalized spacial score (nSPS) is 27.5. The fourth-order valence-corrected chi connectivity index (χ4v) is 3.95. The van der Waals surface area contributed by atoms with Gasteiger partial charge in [0.15, 0.2) is 0 Å². The van der Waals surface area contributed by atoms with E-state index < -0.39 is 0 Å². The molecule has 2 fully saturated rings. The molecule has 25 heavy (non-hydrogen) atoms. The molecule has 2 aliphatic heterocycles. The zero-order chi connectivity index (χ0) is 18.0. The van der Waals surface area contributed by atoms with Gasteiger partial charge in [-0.15, -0.1) is 0 Å². The molecule has 0 unspecified atom stereocenters. The second kappa shape index (κ2) is 7.56. The van der Waals surface area contributed by atoms with Crippen molar-refractivity contribution >= 4 is 17.5 Å². The van der Waals surface area contributed by atoms with Gasteiger partial charge in [0.05, 0.1) is 6.04 Å². The van der Waals surface area contributed by atoms with E-state index in [0.29, 0.717) is 12.0 Å². The molecule has 2 heterocycles. The number of nitrogens with one attached hydrogen (secondary N) is 1. The van der Waals surface area contributed by atoms with E-state index in [1.165, 1.54) is 5.56 Å². The minimum atomic E-state index is -0.119. The van der Waals surface area contributed by atoms with E-state index in [9.17, 15) is 9.59 Å². The van der Waals surface area contributed by atoms with E-state index in [4.69, 9.17) is 0 Å². The highest BCUT2D eigenvalue weighted by Gasteiger charge is 2.34. The fraction of sp³-hybridized carbons (Fsp3) is 0.600. The molecule has 2 aliphatic rings. The van der Waals surface area contributed by atoms with Crippen molar-refractivity contribution in [3.05, 3.63) is 29.8 Å². The van der Waals surface area contributed by atoms with Crippen LogP contribution in [0.25, 0.3) is 0 Å². The number of rotatable bonds is 3. The average Bonchev–Trinajstić information content (AvgIpc) is 2.59. The average molecular weight is 343 g/mol. The molecule has 2 saturated heterocycles. The van der Waals surface area contributed by atoms with E-state index >= 15 is 0 Å². The number of piperidine rings is 2. The van der Waals surface area contributed by atoms with Gasteiger partial charge in [-0.25, -0.2) is 0 Å². The molecule has 0 bridgehead atoms. The lowest BCUT2D eigenvalue weighted by Crippen LogP contribution is -2.58. The second-order valence-electron chi connectivity index (χ2n) is 7.52. The molecular weight excluding hydrogens is 314 g/mol. The maximum atomic E-state index is 13.0. The van der Waals surface area contributed by atoms with Gasteiger partial charge in [0.25, 0.3) is 0 Å². The standard InChI is InChI=1S/C20H29N3O2/c1-14-6-8-17(9-7-14)23-11-4-5-19(20(23)25)21-18-10-12-22(16(3)24)13-15(18)2/h6-9,15,18-19,21H,4-5,10-13H2,1-3H3/t15-,18+,19+/m1/s1. The predicted octanol–water partition coefficient (Wildman–Crippen LogP) is 2.34. The van der Waals surface area contributed by atoms with Crippen molar-refractivity contribution in [3.8, 4) is 0 Å². The molecule has 0 spiro atoms. The number of carbonyl (C=O) groups is 2. The molecule has 1 aromatic rings. The third kappa shape index (κ3) is 4.03. The zero-order valence-corrected chi connectivity index (χ0v) is 15.5. The van der Waals surface area contributed by atoms with E-state index in [0.717, 1.165) is 44.6 Å². The van der Waals surface area contributed by atoms with Crippen LogP contribution in [0.1, 0.15) is 38.7 Å². The first-order valence-corrected chi connectivity index (χ1v) is 9.35. The summed E-state index contributed by atoms with van der Waals surface area (Å²) in [5, 5.41) is 3.60. The van der Waals surface area contributed by atoms with Crippen molar-refractivity contribution in [1.82, 2.24) is 10.2 Å². The van der Waals surface area contributed by atoms with E-state index in [2.05, 4.69) is 31.3 Å². The van der Waals surface area contributed by atoms with Crippen LogP contribution in [0.3, 0.4) is 0 Å². The number of hydrogen-bond acceptors (Lipinski definition) is 3. The number of anilines is 1. The number of nitrogens with zero attached hydrogens (tertiary/aromatic N) is 2. The molecule has 5 nitrogen and oxygen atoms in total. The van der Waals surface area contributed by atoms with Gasteiger partial charge in [0.1, 0.15) is 0 Å². The first kappa shape index (κ1) is 17.9. The Labute approximate surface area is 150 Å². The quantitative estimate of drug-likeness (QED) is 0.916. The van der Waals surface area contributed by atoms with Crippen molar-refractivity contribution in [2.24, 2.45) is 5.92 Å². The van der Waals surface area contributed by atoms with E-state index in [1.807, 2.05) is 21.9 Å². The minimum Gasteiger partial charge on any atom is -0.343 e. The number of carbonyl (C=O) groups excluding carboxylic acids is 2. The number of amides is 2. The summed E-state index contributed by atoms with van der Waals surface area (Å²) >= 11 is 0. The van der Waals surface area contributed by atoms with Crippen molar-refractivity contribution in [3.63, 3.8) is 0 Å². The molecule has 0 aromatic heterocycles. The SMILES string of the molecule is CC(=O)N1CC[C@H](N[C@H]2CCCN(c3ccc(C)cc3)C2=O)[C@H](C)C1. The molecule has 2 amide bonds. The Morgan fingerprint density at radius 2 is 1.88 bits per heavy atom. The van der Waals surface area contributed by atoms with Crippen LogP contribution < -0.4 is 10.2 Å². The Morgan fingerprint density at radius 1 is 1.16 bits per heavy atom. The van der Waals surface area contributed by atoms with Crippen LogP contribution in [0.15, 0.2) is 24.3 Å². The lowest BCUT2D eigenvalue weighted by Gasteiger charge is -2.40. The summed E-state index contributed by atoms with van der Waals surface area (Å²) in [5.74, 6) is 0.682. The summed E-state index contributed by atoms with van der Waals surface area (Å²) in [4.78, 5) is 28.3. The van der Waals surface area contributed by atoms with Gasteiger partial charge >= 0.3 is 0 Å². The molecule has 0 aliphatic carbocycles. The van der Waals surface area contributed by atoms with Crippen LogP contribution in [0.5, 0.6) is 0 Å². The number of benzene rings is 1. The molecule has 5 heteroatoms. The van der Waals surface area contributed by atoms with Gasteiger partial charge in [-0.2, -0.15) is 0 Å². The van der Waals surface area contributed by atoms with Crippen LogP contribution in [-0.2, 0) is 9.59 Å². The molecule has 3 rings (SSSR count). The largest absolute Gasteiger partial charge is 0.343 e. The van der Waals surface area contributed by atoms with E-state index in [1.54, 1.807) is 6.92 Å². The lowest BCUT2D eigenvalue weighted by atomic mass is 9.91. The topological polar surface area (TPSA) is 52.7 Å². The Balaban J connectivity index is 1.64. The maximum absolute atomic E-state index is 13.0. The van der Waals surface area contributed by atoms with Gasteiger partial charge in [0.2, 0.25) is 11.8 Å². The summed E-state index contributed by atoms with van der Waals surface area (Å²) in [5.41, 5.74) is 2.19. The number of likely N-dealkylation sites (tertiary alicyclic amines) is 1. The predicted molar refractivity (Wildman–Crippen MR) is 99.5 cm³/mol. The third-order valence-corrected chi connectivity index (χ3v) is 5.55. The molecule has 0 radical (unpaired) electrons. The monoisotopic (exact) mass is 343 g/mol. The highest BCUT2D eigenvalue weighted by Crippen LogP contribution is 2.24. The summed E-state index contributed by atoms with van der Waals surface area (Å²) in [6.07, 6.45) is 2.81. The first-order valence-electron chi connectivity index (χ1n) is 9.35. The van der Waals surface area contributed by atoms with Crippen LogP contribution in [0, 0.1) is 12.8 Å². The zero-order valence-electron chi connectivity index (χ0n) is 15.5.